The molecule has 24 heavy (non-hydrogen) atoms. The first-order valence-electron chi connectivity index (χ1n) is 7.21. The lowest BCUT2D eigenvalue weighted by Crippen LogP contribution is -2.37. The topological polar surface area (TPSA) is 147 Å². The van der Waals surface area contributed by atoms with E-state index < -0.39 is 37.2 Å². The van der Waals surface area contributed by atoms with Crippen LogP contribution in [0.15, 0.2) is 12.4 Å². The second-order valence-corrected chi connectivity index (χ2v) is 5.33. The van der Waals surface area contributed by atoms with Gasteiger partial charge in [0.15, 0.2) is 0 Å². The van der Waals surface area contributed by atoms with E-state index in [-0.39, 0.29) is 24.5 Å². The van der Waals surface area contributed by atoms with Gasteiger partial charge in [-0.25, -0.2) is 9.97 Å². The molecule has 10 heteroatoms. The lowest BCUT2D eigenvalue weighted by atomic mass is 10.3. The zero-order valence-corrected chi connectivity index (χ0v) is 13.5. The predicted molar refractivity (Wildman–Crippen MR) is 82.1 cm³/mol. The summed E-state index contributed by atoms with van der Waals surface area (Å²) in [4.78, 5) is 34.3. The van der Waals surface area contributed by atoms with Crippen molar-refractivity contribution in [3.8, 4) is 0 Å². The van der Waals surface area contributed by atoms with Gasteiger partial charge < -0.3 is 30.2 Å². The van der Waals surface area contributed by atoms with Crippen molar-refractivity contribution in [3.05, 3.63) is 23.8 Å². The molecule has 0 aromatic carbocycles. The second kappa shape index (κ2) is 9.23. The van der Waals surface area contributed by atoms with Crippen molar-refractivity contribution >= 4 is 11.8 Å². The Morgan fingerprint density at radius 2 is 1.25 bits per heavy atom. The monoisotopic (exact) mass is 342 g/mol. The third-order valence-electron chi connectivity index (χ3n) is 3.17. The maximum Gasteiger partial charge on any atom is 0.273 e. The molecule has 0 radical (unpaired) electrons. The Morgan fingerprint density at radius 3 is 1.50 bits per heavy atom. The Hall–Kier alpha value is -2.14. The summed E-state index contributed by atoms with van der Waals surface area (Å²) < 4.78 is 0. The normalized spacial score (nSPS) is 13.2. The van der Waals surface area contributed by atoms with E-state index >= 15 is 0 Å². The Kier molecular flexibility index (Phi) is 7.65. The van der Waals surface area contributed by atoms with Crippen LogP contribution in [-0.4, -0.2) is 105 Å². The standard InChI is InChI=1S/C14H22N4O6/c1-17(5-9(21)7-19)13(23)11-3-16-12(4-15-11)14(24)18(2)6-10(22)8-20/h3-4,9-10,19-22H,5-8H2,1-2H3. The Bertz CT molecular complexity index is 504. The molecule has 2 unspecified atom stereocenters. The fourth-order valence-corrected chi connectivity index (χ4v) is 1.85. The molecule has 1 aromatic heterocycles. The van der Waals surface area contributed by atoms with E-state index in [0.717, 1.165) is 12.4 Å². The number of amides is 2. The number of aliphatic hydroxyl groups excluding tert-OH is 4. The molecule has 4 N–H and O–H groups in total. The average Bonchev–Trinajstić information content (AvgIpc) is 2.59. The molecule has 0 bridgehead atoms. The smallest absolute Gasteiger partial charge is 0.273 e. The quantitative estimate of drug-likeness (QED) is 0.400. The molecular weight excluding hydrogens is 320 g/mol. The summed E-state index contributed by atoms with van der Waals surface area (Å²) in [6, 6.07) is 0. The largest absolute Gasteiger partial charge is 0.394 e. The second-order valence-electron chi connectivity index (χ2n) is 5.33. The molecule has 1 aromatic rings. The molecule has 0 aliphatic rings. The van der Waals surface area contributed by atoms with Gasteiger partial charge in [-0.1, -0.05) is 0 Å². The molecule has 0 saturated carbocycles. The zero-order chi connectivity index (χ0) is 18.3. The number of carbonyl (C=O) groups is 2. The van der Waals surface area contributed by atoms with E-state index in [1.165, 1.54) is 23.9 Å². The molecule has 2 atom stereocenters. The maximum atomic E-state index is 12.1. The van der Waals surface area contributed by atoms with E-state index in [2.05, 4.69) is 9.97 Å². The van der Waals surface area contributed by atoms with E-state index in [4.69, 9.17) is 10.2 Å². The molecule has 2 amide bonds. The van der Waals surface area contributed by atoms with E-state index in [0.29, 0.717) is 0 Å². The molecule has 10 nitrogen and oxygen atoms in total. The van der Waals surface area contributed by atoms with Crippen LogP contribution in [0.4, 0.5) is 0 Å². The summed E-state index contributed by atoms with van der Waals surface area (Å²) >= 11 is 0. The molecule has 0 spiro atoms. The molecule has 0 aliphatic heterocycles. The minimum absolute atomic E-state index is 0.0164. The van der Waals surface area contributed by atoms with E-state index in [1.807, 2.05) is 0 Å². The number of likely N-dealkylation sites (N-methyl/N-ethyl adjacent to an activating group) is 2. The van der Waals surface area contributed by atoms with Gasteiger partial charge in [0.1, 0.15) is 11.4 Å². The number of rotatable bonds is 8. The van der Waals surface area contributed by atoms with Crippen LogP contribution in [0.3, 0.4) is 0 Å². The SMILES string of the molecule is CN(CC(O)CO)C(=O)c1cnc(C(=O)N(C)CC(O)CO)cn1. The van der Waals surface area contributed by atoms with Gasteiger partial charge in [-0.05, 0) is 0 Å². The molecule has 1 heterocycles. The van der Waals surface area contributed by atoms with Crippen molar-refractivity contribution in [1.82, 2.24) is 19.8 Å². The molecule has 0 saturated heterocycles. The lowest BCUT2D eigenvalue weighted by molar-refractivity contribution is 0.0509. The summed E-state index contributed by atoms with van der Waals surface area (Å²) in [7, 11) is 2.87. The van der Waals surface area contributed by atoms with Crippen LogP contribution >= 0.6 is 0 Å². The fraction of sp³-hybridized carbons (Fsp3) is 0.571. The van der Waals surface area contributed by atoms with Crippen molar-refractivity contribution in [3.63, 3.8) is 0 Å². The van der Waals surface area contributed by atoms with Crippen molar-refractivity contribution in [2.24, 2.45) is 0 Å². The van der Waals surface area contributed by atoms with Gasteiger partial charge in [0.25, 0.3) is 11.8 Å². The molecule has 0 aliphatic carbocycles. The van der Waals surface area contributed by atoms with Crippen LogP contribution in [0.2, 0.25) is 0 Å². The van der Waals surface area contributed by atoms with Gasteiger partial charge in [-0.3, -0.25) is 9.59 Å². The molecule has 1 rings (SSSR count). The summed E-state index contributed by atoms with van der Waals surface area (Å²) in [6.45, 7) is -1.08. The number of aliphatic hydroxyl groups is 4. The Labute approximate surface area is 139 Å². The van der Waals surface area contributed by atoms with Gasteiger partial charge in [-0.2, -0.15) is 0 Å². The van der Waals surface area contributed by atoms with Gasteiger partial charge in [-0.15, -0.1) is 0 Å². The third-order valence-corrected chi connectivity index (χ3v) is 3.17. The highest BCUT2D eigenvalue weighted by Crippen LogP contribution is 2.04. The summed E-state index contributed by atoms with van der Waals surface area (Å²) in [5, 5.41) is 36.2. The first-order chi connectivity index (χ1) is 11.3. The number of hydrogen-bond donors (Lipinski definition) is 4. The first-order valence-corrected chi connectivity index (χ1v) is 7.21. The lowest BCUT2D eigenvalue weighted by Gasteiger charge is -2.20. The highest BCUT2D eigenvalue weighted by Gasteiger charge is 2.20. The number of hydrogen-bond acceptors (Lipinski definition) is 8. The summed E-state index contributed by atoms with van der Waals surface area (Å²) in [5.74, 6) is -1.03. The highest BCUT2D eigenvalue weighted by atomic mass is 16.3. The third kappa shape index (κ3) is 5.49. The van der Waals surface area contributed by atoms with E-state index in [9.17, 15) is 19.8 Å². The minimum Gasteiger partial charge on any atom is -0.394 e. The van der Waals surface area contributed by atoms with Crippen molar-refractivity contribution in [2.75, 3.05) is 40.4 Å². The van der Waals surface area contributed by atoms with Crippen LogP contribution in [0.1, 0.15) is 21.0 Å². The minimum atomic E-state index is -1.06. The van der Waals surface area contributed by atoms with Gasteiger partial charge in [0.2, 0.25) is 0 Å². The molecule has 134 valence electrons. The average molecular weight is 342 g/mol. The van der Waals surface area contributed by atoms with Crippen molar-refractivity contribution in [1.29, 1.82) is 0 Å². The summed E-state index contributed by atoms with van der Waals surface area (Å²) in [6.07, 6.45) is 0.153. The molecular formula is C14H22N4O6. The first kappa shape index (κ1) is 19.9. The van der Waals surface area contributed by atoms with Gasteiger partial charge >= 0.3 is 0 Å². The number of nitrogens with zero attached hydrogens (tertiary/aromatic N) is 4. The maximum absolute atomic E-state index is 12.1. The summed E-state index contributed by atoms with van der Waals surface area (Å²) in [5.41, 5.74) is -0.0329. The number of aromatic nitrogens is 2. The van der Waals surface area contributed by atoms with Crippen LogP contribution < -0.4 is 0 Å². The van der Waals surface area contributed by atoms with Crippen LogP contribution in [0, 0.1) is 0 Å². The van der Waals surface area contributed by atoms with Crippen LogP contribution in [0.25, 0.3) is 0 Å². The van der Waals surface area contributed by atoms with Gasteiger partial charge in [0.05, 0.1) is 37.8 Å². The number of carbonyl (C=O) groups excluding carboxylic acids is 2. The Balaban J connectivity index is 2.74. The van der Waals surface area contributed by atoms with Crippen LogP contribution in [0.5, 0.6) is 0 Å². The molecule has 0 fully saturated rings. The van der Waals surface area contributed by atoms with Gasteiger partial charge in [0, 0.05) is 27.2 Å². The Morgan fingerprint density at radius 1 is 0.917 bits per heavy atom. The van der Waals surface area contributed by atoms with E-state index in [1.54, 1.807) is 0 Å². The van der Waals surface area contributed by atoms with Crippen LogP contribution in [-0.2, 0) is 0 Å². The predicted octanol–water partition coefficient (Wildman–Crippen LogP) is -2.67. The highest BCUT2D eigenvalue weighted by molar-refractivity contribution is 5.94. The van der Waals surface area contributed by atoms with Crippen molar-refractivity contribution < 1.29 is 30.0 Å². The van der Waals surface area contributed by atoms with Crippen molar-refractivity contribution in [2.45, 2.75) is 12.2 Å². The zero-order valence-electron chi connectivity index (χ0n) is 13.5. The fourth-order valence-electron chi connectivity index (χ4n) is 1.85.